The topological polar surface area (TPSA) is 0 Å². The SMILES string of the molecule is CC(c1ccccc1)C(Br)c1cc(Br)sc1Br. The summed E-state index contributed by atoms with van der Waals surface area (Å²) >= 11 is 12.7. The maximum absolute atomic E-state index is 3.81. The van der Waals surface area contributed by atoms with E-state index >= 15 is 0 Å². The van der Waals surface area contributed by atoms with Gasteiger partial charge in [-0.05, 0) is 55.0 Å². The lowest BCUT2D eigenvalue weighted by Gasteiger charge is -2.18. The Hall–Kier alpha value is 0.360. The predicted molar refractivity (Wildman–Crippen MR) is 86.2 cm³/mol. The third-order valence-electron chi connectivity index (χ3n) is 2.74. The first-order valence-electron chi connectivity index (χ1n) is 5.23. The Labute approximate surface area is 131 Å². The Morgan fingerprint density at radius 2 is 1.76 bits per heavy atom. The van der Waals surface area contributed by atoms with E-state index in [1.165, 1.54) is 14.9 Å². The van der Waals surface area contributed by atoms with Crippen LogP contribution in [0.2, 0.25) is 0 Å². The molecule has 0 saturated heterocycles. The van der Waals surface area contributed by atoms with Crippen LogP contribution < -0.4 is 0 Å². The Balaban J connectivity index is 2.26. The molecule has 4 heteroatoms. The molecule has 0 bridgehead atoms. The maximum Gasteiger partial charge on any atom is 0.0754 e. The second-order valence-electron chi connectivity index (χ2n) is 3.88. The highest BCUT2D eigenvalue weighted by atomic mass is 79.9. The van der Waals surface area contributed by atoms with Crippen LogP contribution in [0.15, 0.2) is 44.0 Å². The van der Waals surface area contributed by atoms with Crippen LogP contribution >= 0.6 is 59.1 Å². The van der Waals surface area contributed by atoms with Gasteiger partial charge in [-0.25, -0.2) is 0 Å². The van der Waals surface area contributed by atoms with Gasteiger partial charge in [0.05, 0.1) is 7.57 Å². The van der Waals surface area contributed by atoms with E-state index in [9.17, 15) is 0 Å². The Morgan fingerprint density at radius 1 is 1.12 bits per heavy atom. The molecule has 0 aliphatic heterocycles. The van der Waals surface area contributed by atoms with Crippen molar-refractivity contribution in [1.82, 2.24) is 0 Å². The lowest BCUT2D eigenvalue weighted by Crippen LogP contribution is -2.01. The van der Waals surface area contributed by atoms with Gasteiger partial charge >= 0.3 is 0 Å². The van der Waals surface area contributed by atoms with Gasteiger partial charge in [-0.15, -0.1) is 11.3 Å². The second-order valence-corrected chi connectivity index (χ2v) is 8.62. The molecule has 17 heavy (non-hydrogen) atoms. The van der Waals surface area contributed by atoms with Gasteiger partial charge < -0.3 is 0 Å². The van der Waals surface area contributed by atoms with Crippen LogP contribution in [0.3, 0.4) is 0 Å². The Morgan fingerprint density at radius 3 is 2.29 bits per heavy atom. The zero-order valence-electron chi connectivity index (χ0n) is 9.16. The minimum atomic E-state index is 0.321. The van der Waals surface area contributed by atoms with E-state index < -0.39 is 0 Å². The molecule has 2 rings (SSSR count). The standard InChI is InChI=1S/C13H11Br3S/c1-8(9-5-3-2-4-6-9)12(15)10-7-11(14)17-13(10)16/h2-8,12H,1H3. The molecule has 1 heterocycles. The minimum Gasteiger partial charge on any atom is -0.121 e. The maximum atomic E-state index is 3.81. The van der Waals surface area contributed by atoms with Crippen molar-refractivity contribution in [3.63, 3.8) is 0 Å². The average molecular weight is 439 g/mol. The van der Waals surface area contributed by atoms with Gasteiger partial charge in [0.15, 0.2) is 0 Å². The molecule has 0 fully saturated rings. The van der Waals surface area contributed by atoms with E-state index in [0.29, 0.717) is 10.7 Å². The summed E-state index contributed by atoms with van der Waals surface area (Å²) in [6, 6.07) is 12.8. The summed E-state index contributed by atoms with van der Waals surface area (Å²) in [7, 11) is 0. The predicted octanol–water partition coefficient (Wildman–Crippen LogP) is 6.51. The van der Waals surface area contributed by atoms with Gasteiger partial charge in [0.2, 0.25) is 0 Å². The number of halogens is 3. The summed E-state index contributed by atoms with van der Waals surface area (Å²) < 4.78 is 2.35. The summed E-state index contributed by atoms with van der Waals surface area (Å²) in [6.07, 6.45) is 0. The number of rotatable bonds is 3. The van der Waals surface area contributed by atoms with E-state index in [2.05, 4.69) is 91.1 Å². The quantitative estimate of drug-likeness (QED) is 0.479. The first-order valence-corrected chi connectivity index (χ1v) is 8.55. The molecule has 0 spiro atoms. The van der Waals surface area contributed by atoms with Crippen molar-refractivity contribution >= 4 is 59.1 Å². The fraction of sp³-hybridized carbons (Fsp3) is 0.231. The molecule has 0 nitrogen and oxygen atoms in total. The fourth-order valence-electron chi connectivity index (χ4n) is 1.74. The smallest absolute Gasteiger partial charge is 0.0754 e. The van der Waals surface area contributed by atoms with Crippen molar-refractivity contribution in [3.05, 3.63) is 55.1 Å². The molecule has 2 aromatic rings. The first kappa shape index (κ1) is 13.8. The molecule has 1 aromatic heterocycles. The molecule has 0 aliphatic rings. The number of hydrogen-bond acceptors (Lipinski definition) is 1. The van der Waals surface area contributed by atoms with E-state index in [1.54, 1.807) is 11.3 Å². The lowest BCUT2D eigenvalue weighted by atomic mass is 9.95. The van der Waals surface area contributed by atoms with Crippen molar-refractivity contribution in [2.45, 2.75) is 17.7 Å². The molecular weight excluding hydrogens is 428 g/mol. The van der Waals surface area contributed by atoms with E-state index in [0.717, 1.165) is 3.79 Å². The molecule has 0 saturated carbocycles. The summed E-state index contributed by atoms with van der Waals surface area (Å²) in [5.74, 6) is 0.439. The Bertz CT molecular complexity index is 493. The van der Waals surface area contributed by atoms with Crippen LogP contribution in [-0.2, 0) is 0 Å². The van der Waals surface area contributed by atoms with E-state index in [-0.39, 0.29) is 0 Å². The molecule has 2 atom stereocenters. The zero-order valence-corrected chi connectivity index (χ0v) is 14.7. The summed E-state index contributed by atoms with van der Waals surface area (Å²) in [4.78, 5) is 0.321. The first-order chi connectivity index (χ1) is 8.09. The molecule has 0 radical (unpaired) electrons. The molecule has 1 aromatic carbocycles. The van der Waals surface area contributed by atoms with Crippen molar-refractivity contribution < 1.29 is 0 Å². The second kappa shape index (κ2) is 6.00. The number of benzene rings is 1. The summed E-state index contributed by atoms with van der Waals surface area (Å²) in [6.45, 7) is 2.24. The van der Waals surface area contributed by atoms with Crippen LogP contribution in [0, 0.1) is 0 Å². The van der Waals surface area contributed by atoms with Crippen LogP contribution in [-0.4, -0.2) is 0 Å². The average Bonchev–Trinajstić information content (AvgIpc) is 2.68. The van der Waals surface area contributed by atoms with Crippen LogP contribution in [0.4, 0.5) is 0 Å². The number of thiophene rings is 1. The lowest BCUT2D eigenvalue weighted by molar-refractivity contribution is 0.752. The number of hydrogen-bond donors (Lipinski definition) is 0. The van der Waals surface area contributed by atoms with Crippen molar-refractivity contribution in [1.29, 1.82) is 0 Å². The summed E-state index contributed by atoms with van der Waals surface area (Å²) in [5.41, 5.74) is 2.65. The Kier molecular flexibility index (Phi) is 4.87. The minimum absolute atomic E-state index is 0.321. The molecule has 0 amide bonds. The summed E-state index contributed by atoms with van der Waals surface area (Å²) in [5, 5.41) is 0. The van der Waals surface area contributed by atoms with E-state index in [1.807, 2.05) is 0 Å². The molecular formula is C13H11Br3S. The molecule has 2 unspecified atom stereocenters. The molecule has 0 N–H and O–H groups in total. The molecule has 0 aliphatic carbocycles. The van der Waals surface area contributed by atoms with Crippen molar-refractivity contribution in [2.75, 3.05) is 0 Å². The molecule has 90 valence electrons. The third kappa shape index (κ3) is 3.22. The van der Waals surface area contributed by atoms with Crippen LogP contribution in [0.25, 0.3) is 0 Å². The number of alkyl halides is 1. The van der Waals surface area contributed by atoms with Gasteiger partial charge in [-0.1, -0.05) is 53.2 Å². The van der Waals surface area contributed by atoms with Crippen LogP contribution in [0.5, 0.6) is 0 Å². The largest absolute Gasteiger partial charge is 0.121 e. The van der Waals surface area contributed by atoms with E-state index in [4.69, 9.17) is 0 Å². The van der Waals surface area contributed by atoms with Crippen LogP contribution in [0.1, 0.15) is 28.8 Å². The highest BCUT2D eigenvalue weighted by molar-refractivity contribution is 9.12. The highest BCUT2D eigenvalue weighted by Gasteiger charge is 2.21. The van der Waals surface area contributed by atoms with Crippen molar-refractivity contribution in [3.8, 4) is 0 Å². The van der Waals surface area contributed by atoms with Gasteiger partial charge in [0.1, 0.15) is 0 Å². The van der Waals surface area contributed by atoms with Gasteiger partial charge in [-0.2, -0.15) is 0 Å². The normalized spacial score (nSPS) is 14.6. The zero-order chi connectivity index (χ0) is 12.4. The van der Waals surface area contributed by atoms with Gasteiger partial charge in [-0.3, -0.25) is 0 Å². The van der Waals surface area contributed by atoms with Gasteiger partial charge in [0, 0.05) is 4.83 Å². The monoisotopic (exact) mass is 436 g/mol. The van der Waals surface area contributed by atoms with Gasteiger partial charge in [0.25, 0.3) is 0 Å². The third-order valence-corrected chi connectivity index (χ3v) is 6.42. The van der Waals surface area contributed by atoms with Crippen molar-refractivity contribution in [2.24, 2.45) is 0 Å². The highest BCUT2D eigenvalue weighted by Crippen LogP contribution is 2.44. The fourth-order valence-corrected chi connectivity index (χ4v) is 5.79.